The van der Waals surface area contributed by atoms with Gasteiger partial charge in [0.25, 0.3) is 0 Å². The Balaban J connectivity index is 2.82. The van der Waals surface area contributed by atoms with Crippen molar-refractivity contribution in [2.45, 2.75) is 12.2 Å². The molecular weight excluding hydrogens is 214 g/mol. The third-order valence-electron chi connectivity index (χ3n) is 1.77. The lowest BCUT2D eigenvalue weighted by atomic mass is 10.2. The van der Waals surface area contributed by atoms with Crippen molar-refractivity contribution < 1.29 is 4.74 Å². The van der Waals surface area contributed by atoms with E-state index in [2.05, 4.69) is 23.9 Å². The summed E-state index contributed by atoms with van der Waals surface area (Å²) in [4.78, 5) is 4.19. The number of aromatic nitrogens is 1. The normalized spacial score (nSPS) is 12.5. The minimum absolute atomic E-state index is 0.195. The van der Waals surface area contributed by atoms with E-state index in [-0.39, 0.29) is 5.25 Å². The van der Waals surface area contributed by atoms with Gasteiger partial charge in [-0.1, -0.05) is 6.07 Å². The predicted molar refractivity (Wildman–Crippen MR) is 65.5 cm³/mol. The van der Waals surface area contributed by atoms with Crippen molar-refractivity contribution in [1.29, 1.82) is 0 Å². The number of thioether (sulfide) groups is 1. The van der Waals surface area contributed by atoms with Crippen LogP contribution in [0.15, 0.2) is 18.3 Å². The van der Waals surface area contributed by atoms with Crippen LogP contribution in [-0.2, 0) is 0 Å². The Hall–Kier alpha value is -0.350. The molecule has 1 heterocycles. The second-order valence-electron chi connectivity index (χ2n) is 2.80. The summed E-state index contributed by atoms with van der Waals surface area (Å²) < 4.78 is 5.44. The lowest BCUT2D eigenvalue weighted by molar-refractivity contribution is 0.323. The van der Waals surface area contributed by atoms with Crippen LogP contribution in [0.1, 0.15) is 17.7 Å². The van der Waals surface area contributed by atoms with Gasteiger partial charge in [-0.3, -0.25) is 0 Å². The van der Waals surface area contributed by atoms with Gasteiger partial charge in [-0.15, -0.1) is 0 Å². The minimum Gasteiger partial charge on any atom is -0.478 e. The Morgan fingerprint density at radius 2 is 2.43 bits per heavy atom. The van der Waals surface area contributed by atoms with E-state index >= 15 is 0 Å². The molecule has 0 aliphatic heterocycles. The molecule has 0 amide bonds. The molecule has 0 aliphatic carbocycles. The van der Waals surface area contributed by atoms with Gasteiger partial charge in [-0.2, -0.15) is 24.4 Å². The zero-order valence-electron chi connectivity index (χ0n) is 8.43. The van der Waals surface area contributed by atoms with Crippen molar-refractivity contribution >= 4 is 24.4 Å². The Bertz CT molecular complexity index is 281. The molecule has 1 atom stereocenters. The Morgan fingerprint density at radius 1 is 1.64 bits per heavy atom. The molecule has 0 aromatic carbocycles. The number of hydrogen-bond donors (Lipinski definition) is 1. The van der Waals surface area contributed by atoms with E-state index in [0.717, 1.165) is 11.3 Å². The smallest absolute Gasteiger partial charge is 0.217 e. The predicted octanol–water partition coefficient (Wildman–Crippen LogP) is 2.81. The van der Waals surface area contributed by atoms with Crippen LogP contribution in [0.3, 0.4) is 0 Å². The van der Waals surface area contributed by atoms with Crippen LogP contribution < -0.4 is 4.74 Å². The maximum Gasteiger partial charge on any atom is 0.217 e. The highest BCUT2D eigenvalue weighted by molar-refractivity contribution is 7.99. The lowest BCUT2D eigenvalue weighted by Gasteiger charge is -2.13. The van der Waals surface area contributed by atoms with E-state index in [1.807, 2.05) is 19.1 Å². The summed E-state index contributed by atoms with van der Waals surface area (Å²) in [5.41, 5.74) is 1.08. The Morgan fingerprint density at radius 3 is 3.07 bits per heavy atom. The molecule has 4 heteroatoms. The second kappa shape index (κ2) is 6.19. The quantitative estimate of drug-likeness (QED) is 0.785. The van der Waals surface area contributed by atoms with E-state index in [1.165, 1.54) is 0 Å². The molecule has 0 saturated heterocycles. The van der Waals surface area contributed by atoms with Crippen molar-refractivity contribution in [3.8, 4) is 5.88 Å². The van der Waals surface area contributed by atoms with Gasteiger partial charge in [0.05, 0.1) is 6.61 Å². The van der Waals surface area contributed by atoms with Crippen molar-refractivity contribution in [2.24, 2.45) is 0 Å². The second-order valence-corrected chi connectivity index (χ2v) is 4.34. The van der Waals surface area contributed by atoms with Crippen molar-refractivity contribution in [3.05, 3.63) is 23.9 Å². The molecule has 1 aromatic heterocycles. The maximum atomic E-state index is 5.44. The first-order chi connectivity index (χ1) is 6.79. The van der Waals surface area contributed by atoms with E-state index in [0.29, 0.717) is 12.5 Å². The summed E-state index contributed by atoms with van der Waals surface area (Å²) in [6.45, 7) is 2.60. The van der Waals surface area contributed by atoms with E-state index in [1.54, 1.807) is 18.0 Å². The van der Waals surface area contributed by atoms with Crippen LogP contribution in [0.4, 0.5) is 0 Å². The Kier molecular flexibility index (Phi) is 5.19. The fraction of sp³-hybridized carbons (Fsp3) is 0.500. The first-order valence-electron chi connectivity index (χ1n) is 4.54. The zero-order valence-corrected chi connectivity index (χ0v) is 10.1. The molecular formula is C10H15NOS2. The van der Waals surface area contributed by atoms with Crippen LogP contribution in [0.25, 0.3) is 0 Å². The van der Waals surface area contributed by atoms with E-state index in [4.69, 9.17) is 4.74 Å². The standard InChI is InChI=1S/C10H15NOS2/c1-3-12-10-8(5-4-6-11-10)9(13)7-14-2/h4-6,9,13H,3,7H2,1-2H3. The molecule has 0 radical (unpaired) electrons. The first-order valence-corrected chi connectivity index (χ1v) is 6.45. The van der Waals surface area contributed by atoms with Crippen LogP contribution in [0.5, 0.6) is 5.88 Å². The largest absolute Gasteiger partial charge is 0.478 e. The lowest BCUT2D eigenvalue weighted by Crippen LogP contribution is -2.02. The summed E-state index contributed by atoms with van der Waals surface area (Å²) in [6, 6.07) is 3.94. The van der Waals surface area contributed by atoms with Crippen molar-refractivity contribution in [3.63, 3.8) is 0 Å². The number of rotatable bonds is 5. The highest BCUT2D eigenvalue weighted by atomic mass is 32.2. The molecule has 1 unspecified atom stereocenters. The van der Waals surface area contributed by atoms with Gasteiger partial charge in [0.15, 0.2) is 0 Å². The molecule has 0 N–H and O–H groups in total. The van der Waals surface area contributed by atoms with Gasteiger partial charge in [0, 0.05) is 22.8 Å². The molecule has 2 nitrogen and oxygen atoms in total. The maximum absolute atomic E-state index is 5.44. The van der Waals surface area contributed by atoms with Gasteiger partial charge in [-0.25, -0.2) is 4.98 Å². The highest BCUT2D eigenvalue weighted by Gasteiger charge is 2.12. The molecule has 14 heavy (non-hydrogen) atoms. The first kappa shape index (κ1) is 11.7. The average molecular weight is 229 g/mol. The fourth-order valence-corrected chi connectivity index (χ4v) is 2.30. The molecule has 0 fully saturated rings. The third-order valence-corrected chi connectivity index (χ3v) is 3.14. The molecule has 1 rings (SSSR count). The summed E-state index contributed by atoms with van der Waals surface area (Å²) in [5.74, 6) is 1.68. The number of ether oxygens (including phenoxy) is 1. The molecule has 0 aliphatic rings. The van der Waals surface area contributed by atoms with Crippen LogP contribution in [0, 0.1) is 0 Å². The van der Waals surface area contributed by atoms with Crippen LogP contribution in [0.2, 0.25) is 0 Å². The topological polar surface area (TPSA) is 22.1 Å². The van der Waals surface area contributed by atoms with Gasteiger partial charge in [0.2, 0.25) is 5.88 Å². The summed E-state index contributed by atoms with van der Waals surface area (Å²) >= 11 is 6.29. The number of thiol groups is 1. The zero-order chi connectivity index (χ0) is 10.4. The van der Waals surface area contributed by atoms with Gasteiger partial charge in [-0.05, 0) is 19.2 Å². The molecule has 0 spiro atoms. The summed E-state index contributed by atoms with van der Waals surface area (Å²) in [7, 11) is 0. The van der Waals surface area contributed by atoms with Crippen molar-refractivity contribution in [2.75, 3.05) is 18.6 Å². The van der Waals surface area contributed by atoms with Crippen molar-refractivity contribution in [1.82, 2.24) is 4.98 Å². The third kappa shape index (κ3) is 3.10. The van der Waals surface area contributed by atoms with Crippen LogP contribution >= 0.6 is 24.4 Å². The van der Waals surface area contributed by atoms with Gasteiger partial charge < -0.3 is 4.74 Å². The molecule has 1 aromatic rings. The van der Waals surface area contributed by atoms with Gasteiger partial charge in [0.1, 0.15) is 0 Å². The minimum atomic E-state index is 0.195. The average Bonchev–Trinajstić information content (AvgIpc) is 2.19. The van der Waals surface area contributed by atoms with Crippen LogP contribution in [-0.4, -0.2) is 23.6 Å². The fourth-order valence-electron chi connectivity index (χ4n) is 1.16. The number of hydrogen-bond acceptors (Lipinski definition) is 4. The SMILES string of the molecule is CCOc1ncccc1C(S)CSC. The highest BCUT2D eigenvalue weighted by Crippen LogP contribution is 2.29. The van der Waals surface area contributed by atoms with E-state index < -0.39 is 0 Å². The number of pyridine rings is 1. The van der Waals surface area contributed by atoms with E-state index in [9.17, 15) is 0 Å². The molecule has 78 valence electrons. The Labute approximate surface area is 94.9 Å². The number of nitrogens with zero attached hydrogens (tertiary/aromatic N) is 1. The van der Waals surface area contributed by atoms with Gasteiger partial charge >= 0.3 is 0 Å². The molecule has 0 bridgehead atoms. The summed E-state index contributed by atoms with van der Waals surface area (Å²) in [6.07, 6.45) is 3.81. The molecule has 0 saturated carbocycles. The summed E-state index contributed by atoms with van der Waals surface area (Å²) in [5, 5.41) is 0.195. The monoisotopic (exact) mass is 229 g/mol.